The number of sulfonamides is 1. The standard InChI is InChI=1S/C32H36FN5O5S/c1-21-14-15-38(36-21)20-30(39)29(16-23-8-6-5-7-9-23)35-32(41)26-17-25(18-28(19-26)37(3)44(4,42)43)31(40)34-22(2)24-10-12-27(33)13-11-24/h5-15,17-19,22,29-30,39H,16,20H2,1-4H3,(H,34,40)(H,35,41)/t22-,29+,30+/m1/s1. The minimum absolute atomic E-state index is 0.0257. The number of hydrogen-bond donors (Lipinski definition) is 3. The van der Waals surface area contributed by atoms with E-state index in [1.54, 1.807) is 29.9 Å². The van der Waals surface area contributed by atoms with Crippen LogP contribution in [-0.2, 0) is 23.0 Å². The Morgan fingerprint density at radius 3 is 2.16 bits per heavy atom. The van der Waals surface area contributed by atoms with Crippen LogP contribution in [0.25, 0.3) is 0 Å². The molecule has 0 aliphatic rings. The minimum Gasteiger partial charge on any atom is -0.389 e. The number of carbonyl (C=O) groups is 2. The molecule has 0 saturated carbocycles. The SMILES string of the molecule is Cc1ccn(C[C@H](O)[C@H](Cc2ccccc2)NC(=O)c2cc(C(=O)N[C@H](C)c3ccc(F)cc3)cc(N(C)S(C)(=O)=O)c2)n1. The molecule has 1 heterocycles. The third kappa shape index (κ3) is 8.51. The molecule has 12 heteroatoms. The maximum absolute atomic E-state index is 13.7. The second-order valence-corrected chi connectivity index (χ2v) is 12.8. The average Bonchev–Trinajstić information content (AvgIpc) is 3.40. The minimum atomic E-state index is -3.74. The summed E-state index contributed by atoms with van der Waals surface area (Å²) in [5.74, 6) is -1.57. The lowest BCUT2D eigenvalue weighted by atomic mass is 10.00. The van der Waals surface area contributed by atoms with Gasteiger partial charge in [0.1, 0.15) is 5.82 Å². The van der Waals surface area contributed by atoms with Crippen LogP contribution < -0.4 is 14.9 Å². The third-order valence-corrected chi connectivity index (χ3v) is 8.45. The molecular weight excluding hydrogens is 585 g/mol. The zero-order valence-electron chi connectivity index (χ0n) is 24.9. The number of anilines is 1. The number of benzene rings is 3. The molecule has 0 spiro atoms. The van der Waals surface area contributed by atoms with Crippen LogP contribution in [0.4, 0.5) is 10.1 Å². The van der Waals surface area contributed by atoms with Crippen LogP contribution in [-0.4, -0.2) is 60.6 Å². The van der Waals surface area contributed by atoms with Gasteiger partial charge >= 0.3 is 0 Å². The Morgan fingerprint density at radius 2 is 1.59 bits per heavy atom. The quantitative estimate of drug-likeness (QED) is 0.221. The molecule has 2 amide bonds. The first kappa shape index (κ1) is 32.4. The number of rotatable bonds is 12. The van der Waals surface area contributed by atoms with Crippen molar-refractivity contribution in [1.29, 1.82) is 0 Å². The number of aliphatic hydroxyl groups excluding tert-OH is 1. The van der Waals surface area contributed by atoms with Gasteiger partial charge in [-0.25, -0.2) is 12.8 Å². The summed E-state index contributed by atoms with van der Waals surface area (Å²) in [7, 11) is -2.41. The molecule has 4 rings (SSSR count). The number of hydrogen-bond acceptors (Lipinski definition) is 6. The maximum Gasteiger partial charge on any atom is 0.251 e. The lowest BCUT2D eigenvalue weighted by molar-refractivity contribution is 0.0780. The highest BCUT2D eigenvalue weighted by Crippen LogP contribution is 2.23. The van der Waals surface area contributed by atoms with Crippen molar-refractivity contribution < 1.29 is 27.5 Å². The van der Waals surface area contributed by atoms with Crippen LogP contribution in [0.1, 0.15) is 50.5 Å². The fraction of sp³-hybridized carbons (Fsp3) is 0.281. The first-order valence-electron chi connectivity index (χ1n) is 14.0. The second-order valence-electron chi connectivity index (χ2n) is 10.8. The molecule has 44 heavy (non-hydrogen) atoms. The first-order valence-corrected chi connectivity index (χ1v) is 15.8. The van der Waals surface area contributed by atoms with Crippen molar-refractivity contribution in [3.05, 3.63) is 119 Å². The fourth-order valence-corrected chi connectivity index (χ4v) is 5.14. The van der Waals surface area contributed by atoms with Crippen molar-refractivity contribution in [2.24, 2.45) is 0 Å². The highest BCUT2D eigenvalue weighted by atomic mass is 32.2. The van der Waals surface area contributed by atoms with E-state index in [4.69, 9.17) is 0 Å². The van der Waals surface area contributed by atoms with E-state index in [1.807, 2.05) is 43.3 Å². The predicted octanol–water partition coefficient (Wildman–Crippen LogP) is 3.62. The number of nitrogens with one attached hydrogen (secondary N) is 2. The number of halogens is 1. The number of aromatic nitrogens is 2. The largest absolute Gasteiger partial charge is 0.389 e. The normalized spacial score (nSPS) is 13.5. The van der Waals surface area contributed by atoms with Gasteiger partial charge in [-0.2, -0.15) is 5.10 Å². The summed E-state index contributed by atoms with van der Waals surface area (Å²) in [4.78, 5) is 27.0. The van der Waals surface area contributed by atoms with Crippen molar-refractivity contribution >= 4 is 27.5 Å². The first-order chi connectivity index (χ1) is 20.8. The summed E-state index contributed by atoms with van der Waals surface area (Å²) in [6, 6.07) is 19.7. The molecule has 3 atom stereocenters. The molecule has 4 aromatic rings. The Bertz CT molecular complexity index is 1710. The lowest BCUT2D eigenvalue weighted by Crippen LogP contribution is -2.46. The van der Waals surface area contributed by atoms with Gasteiger partial charge in [-0.15, -0.1) is 0 Å². The van der Waals surface area contributed by atoms with Crippen molar-refractivity contribution in [3.8, 4) is 0 Å². The van der Waals surface area contributed by atoms with Gasteiger partial charge in [0.15, 0.2) is 0 Å². The molecule has 0 saturated heterocycles. The highest BCUT2D eigenvalue weighted by Gasteiger charge is 2.25. The van der Waals surface area contributed by atoms with E-state index in [0.29, 0.717) is 12.0 Å². The molecule has 0 radical (unpaired) electrons. The van der Waals surface area contributed by atoms with Crippen molar-refractivity contribution in [2.75, 3.05) is 17.6 Å². The molecule has 0 aliphatic carbocycles. The van der Waals surface area contributed by atoms with Crippen LogP contribution in [0.15, 0.2) is 85.1 Å². The monoisotopic (exact) mass is 621 g/mol. The zero-order chi connectivity index (χ0) is 32.0. The molecule has 0 aliphatic heterocycles. The Labute approximate surface area is 256 Å². The number of carbonyl (C=O) groups excluding carboxylic acids is 2. The van der Waals surface area contributed by atoms with E-state index in [9.17, 15) is 27.5 Å². The van der Waals surface area contributed by atoms with Gasteiger partial charge in [-0.1, -0.05) is 42.5 Å². The van der Waals surface area contributed by atoms with Crippen LogP contribution in [0.2, 0.25) is 0 Å². The van der Waals surface area contributed by atoms with E-state index in [2.05, 4.69) is 15.7 Å². The van der Waals surface area contributed by atoms with Crippen molar-refractivity contribution in [2.45, 2.75) is 45.0 Å². The van der Waals surface area contributed by atoms with Gasteiger partial charge in [0.2, 0.25) is 10.0 Å². The Kier molecular flexibility index (Phi) is 10.2. The van der Waals surface area contributed by atoms with E-state index in [-0.39, 0.29) is 23.4 Å². The van der Waals surface area contributed by atoms with Gasteiger partial charge in [-0.05, 0) is 67.8 Å². The molecular formula is C32H36FN5O5S. The Hall–Kier alpha value is -4.55. The average molecular weight is 622 g/mol. The smallest absolute Gasteiger partial charge is 0.251 e. The number of nitrogens with zero attached hydrogens (tertiary/aromatic N) is 3. The van der Waals surface area contributed by atoms with E-state index in [1.165, 1.54) is 37.4 Å². The summed E-state index contributed by atoms with van der Waals surface area (Å²) in [5, 5.41) is 21.2. The molecule has 0 fully saturated rings. The summed E-state index contributed by atoms with van der Waals surface area (Å²) < 4.78 is 40.7. The third-order valence-electron chi connectivity index (χ3n) is 7.25. The molecule has 1 aromatic heterocycles. The van der Waals surface area contributed by atoms with Gasteiger partial charge in [0.05, 0.1) is 42.4 Å². The van der Waals surface area contributed by atoms with Crippen LogP contribution in [0, 0.1) is 12.7 Å². The summed E-state index contributed by atoms with van der Waals surface area (Å²) in [5.41, 5.74) is 2.50. The Morgan fingerprint density at radius 1 is 0.977 bits per heavy atom. The van der Waals surface area contributed by atoms with E-state index in [0.717, 1.165) is 21.8 Å². The van der Waals surface area contributed by atoms with Gasteiger partial charge in [0.25, 0.3) is 11.8 Å². The molecule has 0 bridgehead atoms. The summed E-state index contributed by atoms with van der Waals surface area (Å²) in [6.45, 7) is 3.68. The molecule has 10 nitrogen and oxygen atoms in total. The highest BCUT2D eigenvalue weighted by molar-refractivity contribution is 7.92. The number of aryl methyl sites for hydroxylation is 1. The molecule has 0 unspecified atom stereocenters. The Balaban J connectivity index is 1.64. The zero-order valence-corrected chi connectivity index (χ0v) is 25.8. The van der Waals surface area contributed by atoms with Gasteiger partial charge < -0.3 is 15.7 Å². The topological polar surface area (TPSA) is 134 Å². The van der Waals surface area contributed by atoms with E-state index < -0.39 is 45.8 Å². The molecule has 3 aromatic carbocycles. The molecule has 3 N–H and O–H groups in total. The summed E-state index contributed by atoms with van der Waals surface area (Å²) in [6.07, 6.45) is 2.03. The van der Waals surface area contributed by atoms with E-state index >= 15 is 0 Å². The fourth-order valence-electron chi connectivity index (χ4n) is 4.65. The predicted molar refractivity (Wildman–Crippen MR) is 166 cm³/mol. The van der Waals surface area contributed by atoms with Gasteiger partial charge in [0, 0.05) is 24.4 Å². The summed E-state index contributed by atoms with van der Waals surface area (Å²) >= 11 is 0. The number of aliphatic hydroxyl groups is 1. The second kappa shape index (κ2) is 13.8. The molecule has 232 valence electrons. The maximum atomic E-state index is 13.7. The van der Waals surface area contributed by atoms with Crippen molar-refractivity contribution in [1.82, 2.24) is 20.4 Å². The van der Waals surface area contributed by atoms with Crippen molar-refractivity contribution in [3.63, 3.8) is 0 Å². The van der Waals surface area contributed by atoms with Gasteiger partial charge in [-0.3, -0.25) is 18.6 Å². The van der Waals surface area contributed by atoms with Crippen LogP contribution >= 0.6 is 0 Å². The van der Waals surface area contributed by atoms with Crippen LogP contribution in [0.3, 0.4) is 0 Å². The number of amides is 2. The lowest BCUT2D eigenvalue weighted by Gasteiger charge is -2.25. The van der Waals surface area contributed by atoms with Crippen LogP contribution in [0.5, 0.6) is 0 Å².